The predicted octanol–water partition coefficient (Wildman–Crippen LogP) is 3.62. The number of hydrogen-bond donors (Lipinski definition) is 2. The van der Waals surface area contributed by atoms with E-state index in [2.05, 4.69) is 59.3 Å². The Bertz CT molecular complexity index is 880. The van der Waals surface area contributed by atoms with Gasteiger partial charge in [0.2, 0.25) is 0 Å². The topological polar surface area (TPSA) is 55.8 Å². The predicted molar refractivity (Wildman–Crippen MR) is 142 cm³/mol. The van der Waals surface area contributed by atoms with Crippen LogP contribution in [-0.2, 0) is 12.0 Å². The lowest BCUT2D eigenvalue weighted by molar-refractivity contribution is 0.312. The van der Waals surface area contributed by atoms with Crippen LogP contribution in [0.25, 0.3) is 0 Å². The molecule has 0 spiro atoms. The Labute approximate surface area is 208 Å². The Morgan fingerprint density at radius 2 is 1.88 bits per heavy atom. The minimum atomic E-state index is -0.239. The highest BCUT2D eigenvalue weighted by atomic mass is 127. The van der Waals surface area contributed by atoms with E-state index < -0.39 is 0 Å². The van der Waals surface area contributed by atoms with Crippen LogP contribution in [0.4, 0.5) is 10.2 Å². The second-order valence-corrected chi connectivity index (χ2v) is 8.72. The third kappa shape index (κ3) is 7.30. The molecule has 0 saturated carbocycles. The Kier molecular flexibility index (Phi) is 10.1. The Balaban J connectivity index is 0.00000363. The molecule has 1 aliphatic rings. The first-order chi connectivity index (χ1) is 14.9. The standard InChI is InChI=1S/C24H35FN6.HI/c1-5-26-23(29-18-24(2,3)20-9-6-10-21(25)16-20)28-17-19-8-7-11-27-22(19)31-14-12-30(4)13-15-31;/h6-11,16H,5,12-15,17-18H2,1-4H3,(H2,26,28,29);1H. The van der Waals surface area contributed by atoms with E-state index in [1.54, 1.807) is 12.1 Å². The number of piperazine rings is 1. The fourth-order valence-corrected chi connectivity index (χ4v) is 3.68. The number of pyridine rings is 1. The zero-order valence-electron chi connectivity index (χ0n) is 19.6. The Morgan fingerprint density at radius 3 is 2.56 bits per heavy atom. The molecule has 1 saturated heterocycles. The lowest BCUT2D eigenvalue weighted by Crippen LogP contribution is -2.45. The molecule has 2 N–H and O–H groups in total. The summed E-state index contributed by atoms with van der Waals surface area (Å²) in [5.41, 5.74) is 1.84. The lowest BCUT2D eigenvalue weighted by Gasteiger charge is -2.34. The number of nitrogens with one attached hydrogen (secondary N) is 2. The van der Waals surface area contributed by atoms with Crippen molar-refractivity contribution in [2.75, 3.05) is 51.2 Å². The molecule has 32 heavy (non-hydrogen) atoms. The van der Waals surface area contributed by atoms with Crippen molar-refractivity contribution in [3.63, 3.8) is 0 Å². The average molecular weight is 554 g/mol. The normalized spacial score (nSPS) is 15.3. The molecular formula is C24H36FIN6. The molecule has 176 valence electrons. The molecule has 3 rings (SSSR count). The third-order valence-electron chi connectivity index (χ3n) is 5.73. The van der Waals surface area contributed by atoms with E-state index in [1.165, 1.54) is 6.07 Å². The molecule has 1 aliphatic heterocycles. The molecule has 0 bridgehead atoms. The number of hydrogen-bond acceptors (Lipinski definition) is 4. The number of benzene rings is 1. The van der Waals surface area contributed by atoms with Crippen LogP contribution in [0.3, 0.4) is 0 Å². The van der Waals surface area contributed by atoms with Gasteiger partial charge in [0.15, 0.2) is 5.96 Å². The maximum absolute atomic E-state index is 13.7. The second kappa shape index (κ2) is 12.3. The highest BCUT2D eigenvalue weighted by Gasteiger charge is 2.22. The van der Waals surface area contributed by atoms with E-state index in [1.807, 2.05) is 18.3 Å². The minimum Gasteiger partial charge on any atom is -0.357 e. The zero-order valence-corrected chi connectivity index (χ0v) is 21.9. The van der Waals surface area contributed by atoms with Gasteiger partial charge in [0.05, 0.1) is 6.54 Å². The molecule has 8 heteroatoms. The van der Waals surface area contributed by atoms with Crippen molar-refractivity contribution in [3.8, 4) is 0 Å². The highest BCUT2D eigenvalue weighted by Crippen LogP contribution is 2.23. The fraction of sp³-hybridized carbons (Fsp3) is 0.500. The molecule has 0 amide bonds. The summed E-state index contributed by atoms with van der Waals surface area (Å²) in [6.07, 6.45) is 1.85. The van der Waals surface area contributed by atoms with Gasteiger partial charge in [-0.05, 0) is 37.7 Å². The van der Waals surface area contributed by atoms with Crippen LogP contribution in [0.1, 0.15) is 31.9 Å². The van der Waals surface area contributed by atoms with Crippen LogP contribution in [0, 0.1) is 5.82 Å². The lowest BCUT2D eigenvalue weighted by atomic mass is 9.84. The highest BCUT2D eigenvalue weighted by molar-refractivity contribution is 14.0. The van der Waals surface area contributed by atoms with E-state index in [-0.39, 0.29) is 35.2 Å². The summed E-state index contributed by atoms with van der Waals surface area (Å²) in [6, 6.07) is 10.9. The van der Waals surface area contributed by atoms with Gasteiger partial charge in [0.25, 0.3) is 0 Å². The van der Waals surface area contributed by atoms with Crippen molar-refractivity contribution >= 4 is 35.8 Å². The summed E-state index contributed by atoms with van der Waals surface area (Å²) >= 11 is 0. The van der Waals surface area contributed by atoms with Crippen LogP contribution in [0.2, 0.25) is 0 Å². The van der Waals surface area contributed by atoms with Gasteiger partial charge in [-0.3, -0.25) is 0 Å². The van der Waals surface area contributed by atoms with E-state index >= 15 is 0 Å². The number of anilines is 1. The fourth-order valence-electron chi connectivity index (χ4n) is 3.68. The maximum atomic E-state index is 13.7. The Morgan fingerprint density at radius 1 is 1.12 bits per heavy atom. The van der Waals surface area contributed by atoms with Gasteiger partial charge >= 0.3 is 0 Å². The van der Waals surface area contributed by atoms with Crippen LogP contribution < -0.4 is 15.5 Å². The number of guanidine groups is 1. The molecular weight excluding hydrogens is 518 g/mol. The Hall–Kier alpha value is -1.94. The zero-order chi connectivity index (χ0) is 22.3. The molecule has 0 unspecified atom stereocenters. The van der Waals surface area contributed by atoms with Crippen LogP contribution in [0.15, 0.2) is 47.6 Å². The summed E-state index contributed by atoms with van der Waals surface area (Å²) < 4.78 is 13.7. The summed E-state index contributed by atoms with van der Waals surface area (Å²) in [5, 5.41) is 6.75. The van der Waals surface area contributed by atoms with Gasteiger partial charge in [-0.15, -0.1) is 24.0 Å². The number of aromatic nitrogens is 1. The summed E-state index contributed by atoms with van der Waals surface area (Å²) in [5.74, 6) is 1.56. The summed E-state index contributed by atoms with van der Waals surface area (Å²) in [7, 11) is 2.15. The van der Waals surface area contributed by atoms with Crippen molar-refractivity contribution in [2.45, 2.75) is 32.7 Å². The SMILES string of the molecule is CCNC(=NCc1cccnc1N1CCN(C)CC1)NCC(C)(C)c1cccc(F)c1.I. The molecule has 2 heterocycles. The smallest absolute Gasteiger partial charge is 0.191 e. The van der Waals surface area contributed by atoms with Gasteiger partial charge in [0.1, 0.15) is 11.6 Å². The minimum absolute atomic E-state index is 0. The van der Waals surface area contributed by atoms with Gasteiger partial charge in [0, 0.05) is 56.4 Å². The first-order valence-corrected chi connectivity index (χ1v) is 11.0. The molecule has 0 atom stereocenters. The van der Waals surface area contributed by atoms with E-state index in [4.69, 9.17) is 4.99 Å². The van der Waals surface area contributed by atoms with E-state index in [9.17, 15) is 4.39 Å². The molecule has 2 aromatic rings. The maximum Gasteiger partial charge on any atom is 0.191 e. The third-order valence-corrected chi connectivity index (χ3v) is 5.73. The first-order valence-electron chi connectivity index (χ1n) is 11.0. The number of halogens is 2. The van der Waals surface area contributed by atoms with Gasteiger partial charge in [-0.2, -0.15) is 0 Å². The van der Waals surface area contributed by atoms with Crippen LogP contribution in [0.5, 0.6) is 0 Å². The van der Waals surface area contributed by atoms with Crippen LogP contribution in [-0.4, -0.2) is 62.2 Å². The number of likely N-dealkylation sites (N-methyl/N-ethyl adjacent to an activating group) is 1. The largest absolute Gasteiger partial charge is 0.357 e. The summed E-state index contributed by atoms with van der Waals surface area (Å²) in [4.78, 5) is 14.1. The monoisotopic (exact) mass is 554 g/mol. The van der Waals surface area contributed by atoms with Gasteiger partial charge in [-0.25, -0.2) is 14.4 Å². The average Bonchev–Trinajstić information content (AvgIpc) is 2.76. The number of nitrogens with zero attached hydrogens (tertiary/aromatic N) is 4. The molecule has 0 radical (unpaired) electrons. The number of rotatable bonds is 7. The molecule has 6 nitrogen and oxygen atoms in total. The molecule has 1 aromatic carbocycles. The number of aliphatic imine (C=N–C) groups is 1. The van der Waals surface area contributed by atoms with Gasteiger partial charge in [-0.1, -0.05) is 32.0 Å². The molecule has 1 aromatic heterocycles. The second-order valence-electron chi connectivity index (χ2n) is 8.72. The quantitative estimate of drug-likeness (QED) is 0.311. The van der Waals surface area contributed by atoms with Crippen molar-refractivity contribution < 1.29 is 4.39 Å². The van der Waals surface area contributed by atoms with Gasteiger partial charge < -0.3 is 20.4 Å². The summed E-state index contributed by atoms with van der Waals surface area (Å²) in [6.45, 7) is 12.2. The van der Waals surface area contributed by atoms with E-state index in [0.29, 0.717) is 13.1 Å². The van der Waals surface area contributed by atoms with Crippen molar-refractivity contribution in [2.24, 2.45) is 4.99 Å². The van der Waals surface area contributed by atoms with Crippen LogP contribution >= 0.6 is 24.0 Å². The van der Waals surface area contributed by atoms with Crippen molar-refractivity contribution in [1.29, 1.82) is 0 Å². The molecule has 1 fully saturated rings. The van der Waals surface area contributed by atoms with E-state index in [0.717, 1.165) is 55.6 Å². The van der Waals surface area contributed by atoms with Crippen molar-refractivity contribution in [3.05, 3.63) is 59.5 Å². The van der Waals surface area contributed by atoms with Crippen molar-refractivity contribution in [1.82, 2.24) is 20.5 Å². The molecule has 0 aliphatic carbocycles. The first kappa shape index (κ1) is 26.3.